The molecule has 33 heavy (non-hydrogen) atoms. The van der Waals surface area contributed by atoms with Gasteiger partial charge in [0.1, 0.15) is 17.2 Å². The lowest BCUT2D eigenvalue weighted by molar-refractivity contribution is -0.152. The van der Waals surface area contributed by atoms with Crippen molar-refractivity contribution in [2.24, 2.45) is 0 Å². The fraction of sp³-hybridized carbons (Fsp3) is 0.231. The molecule has 0 saturated carbocycles. The van der Waals surface area contributed by atoms with Gasteiger partial charge in [0.15, 0.2) is 11.4 Å². The Morgan fingerprint density at radius 1 is 0.939 bits per heavy atom. The minimum atomic E-state index is -1.52. The molecule has 0 spiro atoms. The van der Waals surface area contributed by atoms with Crippen molar-refractivity contribution in [2.75, 3.05) is 19.5 Å². The normalized spacial score (nSPS) is 11.0. The Bertz CT molecular complexity index is 1090. The van der Waals surface area contributed by atoms with E-state index in [2.05, 4.69) is 12.1 Å². The summed E-state index contributed by atoms with van der Waals surface area (Å²) in [5.74, 6) is 0.635. The van der Waals surface area contributed by atoms with E-state index in [0.717, 1.165) is 5.75 Å². The third-order valence-corrected chi connectivity index (χ3v) is 5.77. The average Bonchev–Trinajstić information content (AvgIpc) is 2.82. The number of thioether (sulfide) groups is 1. The molecule has 0 bridgehead atoms. The summed E-state index contributed by atoms with van der Waals surface area (Å²) in [6, 6.07) is 21.7. The summed E-state index contributed by atoms with van der Waals surface area (Å²) in [5, 5.41) is 9.40. The lowest BCUT2D eigenvalue weighted by Crippen LogP contribution is -2.38. The zero-order chi connectivity index (χ0) is 23.8. The quantitative estimate of drug-likeness (QED) is 0.232. The number of methoxy groups -OCH3 is 1. The highest BCUT2D eigenvalue weighted by atomic mass is 32.2. The van der Waals surface area contributed by atoms with Crippen molar-refractivity contribution in [3.05, 3.63) is 83.9 Å². The maximum Gasteiger partial charge on any atom is 0.347 e. The van der Waals surface area contributed by atoms with Crippen LogP contribution in [0.3, 0.4) is 0 Å². The highest BCUT2D eigenvalue weighted by molar-refractivity contribution is 7.99. The summed E-state index contributed by atoms with van der Waals surface area (Å²) in [5.41, 5.74) is -0.834. The van der Waals surface area contributed by atoms with Gasteiger partial charge in [0.25, 0.3) is 0 Å². The molecule has 172 valence electrons. The number of carboxylic acid groups (broad SMARTS) is 1. The van der Waals surface area contributed by atoms with Crippen molar-refractivity contribution in [1.29, 1.82) is 0 Å². The van der Waals surface area contributed by atoms with E-state index < -0.39 is 11.6 Å². The van der Waals surface area contributed by atoms with Crippen LogP contribution in [0.1, 0.15) is 29.8 Å². The van der Waals surface area contributed by atoms with Gasteiger partial charge in [-0.25, -0.2) is 4.79 Å². The monoisotopic (exact) mass is 466 g/mol. The molecule has 7 heteroatoms. The van der Waals surface area contributed by atoms with Gasteiger partial charge in [-0.1, -0.05) is 18.2 Å². The van der Waals surface area contributed by atoms with Gasteiger partial charge < -0.3 is 19.3 Å². The molecule has 0 heterocycles. The zero-order valence-corrected chi connectivity index (χ0v) is 19.6. The summed E-state index contributed by atoms with van der Waals surface area (Å²) in [6.45, 7) is 3.38. The maximum absolute atomic E-state index is 13.1. The van der Waals surface area contributed by atoms with E-state index in [1.54, 1.807) is 48.2 Å². The molecule has 0 aliphatic carbocycles. The van der Waals surface area contributed by atoms with E-state index in [-0.39, 0.29) is 17.1 Å². The van der Waals surface area contributed by atoms with Gasteiger partial charge in [-0.2, -0.15) is 0 Å². The lowest BCUT2D eigenvalue weighted by Gasteiger charge is -2.23. The van der Waals surface area contributed by atoms with E-state index in [1.807, 2.05) is 18.2 Å². The molecule has 0 aromatic heterocycles. The van der Waals surface area contributed by atoms with Crippen LogP contribution < -0.4 is 14.2 Å². The second-order valence-electron chi connectivity index (χ2n) is 7.64. The van der Waals surface area contributed by atoms with Crippen LogP contribution in [0.5, 0.6) is 17.2 Å². The number of carbonyl (C=O) groups is 2. The van der Waals surface area contributed by atoms with Crippen LogP contribution in [-0.2, 0) is 4.79 Å². The van der Waals surface area contributed by atoms with Crippen LogP contribution in [0.4, 0.5) is 0 Å². The molecule has 0 unspecified atom stereocenters. The van der Waals surface area contributed by atoms with Crippen molar-refractivity contribution in [2.45, 2.75) is 24.3 Å². The van der Waals surface area contributed by atoms with Crippen molar-refractivity contribution in [3.63, 3.8) is 0 Å². The first-order chi connectivity index (χ1) is 15.8. The fourth-order valence-corrected chi connectivity index (χ4v) is 3.67. The van der Waals surface area contributed by atoms with Gasteiger partial charge >= 0.3 is 5.97 Å². The van der Waals surface area contributed by atoms with E-state index >= 15 is 0 Å². The Balaban J connectivity index is 1.68. The smallest absolute Gasteiger partial charge is 0.347 e. The van der Waals surface area contributed by atoms with Crippen molar-refractivity contribution in [1.82, 2.24) is 0 Å². The molecule has 6 nitrogen and oxygen atoms in total. The summed E-state index contributed by atoms with van der Waals surface area (Å²) < 4.78 is 16.7. The topological polar surface area (TPSA) is 82.1 Å². The first kappa shape index (κ1) is 24.2. The number of ketones is 1. The van der Waals surface area contributed by atoms with Crippen molar-refractivity contribution in [3.8, 4) is 17.2 Å². The van der Waals surface area contributed by atoms with E-state index in [1.165, 1.54) is 31.9 Å². The van der Waals surface area contributed by atoms with Gasteiger partial charge in [0, 0.05) is 22.3 Å². The van der Waals surface area contributed by atoms with Gasteiger partial charge in [-0.05, 0) is 62.4 Å². The summed E-state index contributed by atoms with van der Waals surface area (Å²) in [6.07, 6.45) is 0. The zero-order valence-electron chi connectivity index (χ0n) is 18.7. The second-order valence-corrected chi connectivity index (χ2v) is 8.81. The second kappa shape index (κ2) is 10.9. The van der Waals surface area contributed by atoms with Crippen LogP contribution in [0.2, 0.25) is 0 Å². The summed E-state index contributed by atoms with van der Waals surface area (Å²) in [7, 11) is 1.49. The highest BCUT2D eigenvalue weighted by Crippen LogP contribution is 2.30. The number of carbonyl (C=O) groups excluding carboxylic acids is 1. The molecule has 0 atom stereocenters. The molecule has 0 amide bonds. The molecular weight excluding hydrogens is 440 g/mol. The van der Waals surface area contributed by atoms with Gasteiger partial charge in [-0.15, -0.1) is 11.8 Å². The Morgan fingerprint density at radius 3 is 2.24 bits per heavy atom. The number of rotatable bonds is 11. The Kier molecular flexibility index (Phi) is 8.01. The van der Waals surface area contributed by atoms with Crippen LogP contribution in [0, 0.1) is 0 Å². The molecule has 3 aromatic carbocycles. The first-order valence-electron chi connectivity index (χ1n) is 10.4. The summed E-state index contributed by atoms with van der Waals surface area (Å²) >= 11 is 1.71. The van der Waals surface area contributed by atoms with E-state index in [4.69, 9.17) is 14.2 Å². The molecule has 0 aliphatic heterocycles. The number of hydrogen-bond donors (Lipinski definition) is 1. The molecule has 0 radical (unpaired) electrons. The largest absolute Gasteiger partial charge is 0.497 e. The van der Waals surface area contributed by atoms with Gasteiger partial charge in [-0.3, -0.25) is 4.79 Å². The van der Waals surface area contributed by atoms with Crippen LogP contribution >= 0.6 is 11.8 Å². The molecular formula is C26H26O6S. The highest BCUT2D eigenvalue weighted by Gasteiger charge is 2.31. The SMILES string of the molecule is COc1ccc(C(=O)c2ccc(OCCSc3ccccc3)cc2)c(OC(C)(C)C(=O)O)c1. The Hall–Kier alpha value is -3.45. The molecule has 1 N–H and O–H groups in total. The van der Waals surface area contributed by atoms with Crippen LogP contribution in [-0.4, -0.2) is 41.9 Å². The minimum absolute atomic E-state index is 0.144. The van der Waals surface area contributed by atoms with Gasteiger partial charge in [0.2, 0.25) is 0 Å². The third-order valence-electron chi connectivity index (χ3n) is 4.79. The third kappa shape index (κ3) is 6.52. The molecule has 0 fully saturated rings. The average molecular weight is 467 g/mol. The first-order valence-corrected chi connectivity index (χ1v) is 11.3. The van der Waals surface area contributed by atoms with Crippen molar-refractivity contribution >= 4 is 23.5 Å². The number of ether oxygens (including phenoxy) is 3. The predicted octanol–water partition coefficient (Wildman–Crippen LogP) is 5.34. The number of benzene rings is 3. The molecule has 0 saturated heterocycles. The standard InChI is InChI=1S/C26H26O6S/c1-26(2,25(28)29)32-23-17-20(30-3)13-14-22(23)24(27)18-9-11-19(12-10-18)31-15-16-33-21-7-5-4-6-8-21/h4-14,17H,15-16H2,1-3H3,(H,28,29). The maximum atomic E-state index is 13.1. The van der Waals surface area contributed by atoms with E-state index in [9.17, 15) is 14.7 Å². The van der Waals surface area contributed by atoms with Crippen molar-refractivity contribution < 1.29 is 28.9 Å². The lowest BCUT2D eigenvalue weighted by atomic mass is 10.0. The predicted molar refractivity (Wildman–Crippen MR) is 128 cm³/mol. The number of carboxylic acids is 1. The summed E-state index contributed by atoms with van der Waals surface area (Å²) in [4.78, 5) is 25.8. The van der Waals surface area contributed by atoms with E-state index in [0.29, 0.717) is 23.7 Å². The number of aliphatic carboxylic acids is 1. The number of hydrogen-bond acceptors (Lipinski definition) is 6. The fourth-order valence-electron chi connectivity index (χ4n) is 2.91. The Morgan fingerprint density at radius 2 is 1.61 bits per heavy atom. The Labute approximate surface area is 197 Å². The van der Waals surface area contributed by atoms with Crippen LogP contribution in [0.25, 0.3) is 0 Å². The molecule has 3 aromatic rings. The van der Waals surface area contributed by atoms with Gasteiger partial charge in [0.05, 0.1) is 19.3 Å². The molecule has 3 rings (SSSR count). The minimum Gasteiger partial charge on any atom is -0.497 e. The van der Waals surface area contributed by atoms with Crippen LogP contribution in [0.15, 0.2) is 77.7 Å². The molecule has 0 aliphatic rings.